The van der Waals surface area contributed by atoms with E-state index in [9.17, 15) is 34.2 Å². The van der Waals surface area contributed by atoms with Crippen molar-refractivity contribution in [3.8, 4) is 0 Å². The van der Waals surface area contributed by atoms with E-state index < -0.39 is 48.0 Å². The van der Waals surface area contributed by atoms with Crippen LogP contribution >= 0.6 is 0 Å². The Morgan fingerprint density at radius 2 is 1.69 bits per heavy atom. The molecule has 3 amide bonds. The standard InChI is InChI=1S/C27H38N4O8/c28-15-7-6-11-19(30-27(38)39-18-9-2-1-3-10-18)24(33)29-20(25(34)35)13-14-23(32)31-21-12-5-4-8-17(21)16-22(31)26(36)37/h4-5,8,12,18-20,22H,1-3,6-7,9-11,13-16,28H2,(H,29,33)(H,30,38)(H,34,35)(H,36,37)/t19-,20+,22-/m0/s1. The minimum atomic E-state index is -1.42. The molecule has 0 bridgehead atoms. The van der Waals surface area contributed by atoms with Gasteiger partial charge in [0.15, 0.2) is 0 Å². The summed E-state index contributed by atoms with van der Waals surface area (Å²) in [6, 6.07) is 3.31. The van der Waals surface area contributed by atoms with Crippen molar-refractivity contribution in [1.29, 1.82) is 0 Å². The topological polar surface area (TPSA) is 188 Å². The van der Waals surface area contributed by atoms with Crippen LogP contribution in [-0.2, 0) is 30.3 Å². The minimum absolute atomic E-state index is 0.156. The summed E-state index contributed by atoms with van der Waals surface area (Å²) in [6.45, 7) is 0.400. The normalized spacial score (nSPS) is 18.5. The number of carbonyl (C=O) groups excluding carboxylic acids is 3. The monoisotopic (exact) mass is 546 g/mol. The Hall–Kier alpha value is -3.67. The van der Waals surface area contributed by atoms with E-state index in [0.29, 0.717) is 30.6 Å². The van der Waals surface area contributed by atoms with Crippen LogP contribution in [0.3, 0.4) is 0 Å². The number of hydrogen-bond acceptors (Lipinski definition) is 7. The van der Waals surface area contributed by atoms with Gasteiger partial charge in [-0.25, -0.2) is 14.4 Å². The van der Waals surface area contributed by atoms with E-state index in [1.807, 2.05) is 0 Å². The molecule has 1 heterocycles. The molecule has 12 heteroatoms. The van der Waals surface area contributed by atoms with Crippen LogP contribution in [0.4, 0.5) is 10.5 Å². The number of alkyl carbamates (subject to hydrolysis) is 1. The number of nitrogens with one attached hydrogen (secondary N) is 2. The number of benzene rings is 1. The molecule has 12 nitrogen and oxygen atoms in total. The molecule has 0 saturated heterocycles. The minimum Gasteiger partial charge on any atom is -0.480 e. The Kier molecular flexibility index (Phi) is 11.1. The first kappa shape index (κ1) is 29.9. The molecule has 214 valence electrons. The second kappa shape index (κ2) is 14.5. The molecular weight excluding hydrogens is 508 g/mol. The number of para-hydroxylation sites is 1. The zero-order valence-electron chi connectivity index (χ0n) is 22.0. The molecule has 0 aromatic heterocycles. The average molecular weight is 547 g/mol. The summed E-state index contributed by atoms with van der Waals surface area (Å²) < 4.78 is 5.46. The maximum atomic E-state index is 13.1. The van der Waals surface area contributed by atoms with Gasteiger partial charge in [0, 0.05) is 18.5 Å². The molecule has 6 N–H and O–H groups in total. The molecule has 3 atom stereocenters. The van der Waals surface area contributed by atoms with Crippen LogP contribution in [-0.4, -0.2) is 70.8 Å². The van der Waals surface area contributed by atoms with Gasteiger partial charge in [-0.3, -0.25) is 14.5 Å². The van der Waals surface area contributed by atoms with Crippen molar-refractivity contribution in [2.24, 2.45) is 5.73 Å². The van der Waals surface area contributed by atoms with Gasteiger partial charge in [0.2, 0.25) is 11.8 Å². The Labute approximate surface area is 227 Å². The number of fused-ring (bicyclic) bond motifs is 1. The summed E-state index contributed by atoms with van der Waals surface area (Å²) >= 11 is 0. The number of anilines is 1. The fraction of sp³-hybridized carbons (Fsp3) is 0.593. The number of ether oxygens (including phenoxy) is 1. The smallest absolute Gasteiger partial charge is 0.408 e. The van der Waals surface area contributed by atoms with E-state index in [1.165, 1.54) is 4.90 Å². The van der Waals surface area contributed by atoms with Crippen molar-refractivity contribution in [3.05, 3.63) is 29.8 Å². The van der Waals surface area contributed by atoms with E-state index in [2.05, 4.69) is 10.6 Å². The number of nitrogens with two attached hydrogens (primary N) is 1. The summed E-state index contributed by atoms with van der Waals surface area (Å²) in [4.78, 5) is 63.5. The number of aliphatic carboxylic acids is 2. The average Bonchev–Trinajstić information content (AvgIpc) is 3.31. The van der Waals surface area contributed by atoms with Crippen LogP contribution in [0.15, 0.2) is 24.3 Å². The highest BCUT2D eigenvalue weighted by atomic mass is 16.6. The van der Waals surface area contributed by atoms with Gasteiger partial charge >= 0.3 is 18.0 Å². The maximum Gasteiger partial charge on any atom is 0.408 e. The number of amides is 3. The van der Waals surface area contributed by atoms with E-state index >= 15 is 0 Å². The van der Waals surface area contributed by atoms with Gasteiger partial charge in [-0.2, -0.15) is 0 Å². The van der Waals surface area contributed by atoms with Crippen molar-refractivity contribution in [3.63, 3.8) is 0 Å². The van der Waals surface area contributed by atoms with Crippen molar-refractivity contribution in [1.82, 2.24) is 10.6 Å². The lowest BCUT2D eigenvalue weighted by molar-refractivity contribution is -0.143. The SMILES string of the molecule is NCCCC[C@H](NC(=O)OC1CCCCC1)C(=O)N[C@H](CCC(=O)N1c2ccccc2C[C@H]1C(=O)O)C(=O)O. The van der Waals surface area contributed by atoms with Gasteiger partial charge in [-0.1, -0.05) is 24.6 Å². The third kappa shape index (κ3) is 8.41. The van der Waals surface area contributed by atoms with Gasteiger partial charge in [-0.05, 0) is 69.5 Å². The van der Waals surface area contributed by atoms with Crippen molar-refractivity contribution < 1.29 is 38.9 Å². The largest absolute Gasteiger partial charge is 0.480 e. The number of hydrogen-bond donors (Lipinski definition) is 5. The maximum absolute atomic E-state index is 13.1. The molecule has 0 spiro atoms. The zero-order chi connectivity index (χ0) is 28.4. The second-order valence-electron chi connectivity index (χ2n) is 10.0. The molecule has 0 radical (unpaired) electrons. The number of carboxylic acids is 2. The van der Waals surface area contributed by atoms with Crippen LogP contribution in [0, 0.1) is 0 Å². The van der Waals surface area contributed by atoms with Crippen LogP contribution in [0.1, 0.15) is 69.8 Å². The van der Waals surface area contributed by atoms with Gasteiger partial charge in [-0.15, -0.1) is 0 Å². The Morgan fingerprint density at radius 1 is 0.974 bits per heavy atom. The van der Waals surface area contributed by atoms with Gasteiger partial charge in [0.25, 0.3) is 0 Å². The lowest BCUT2D eigenvalue weighted by atomic mass is 9.98. The first-order chi connectivity index (χ1) is 18.7. The highest BCUT2D eigenvalue weighted by molar-refractivity contribution is 6.02. The molecule has 1 saturated carbocycles. The molecule has 1 aliphatic carbocycles. The van der Waals surface area contributed by atoms with Crippen LogP contribution < -0.4 is 21.3 Å². The Balaban J connectivity index is 1.62. The lowest BCUT2D eigenvalue weighted by Gasteiger charge is -2.25. The number of carboxylic acid groups (broad SMARTS) is 2. The molecular formula is C27H38N4O8. The van der Waals surface area contributed by atoms with Gasteiger partial charge in [0.05, 0.1) is 0 Å². The summed E-state index contributed by atoms with van der Waals surface area (Å²) in [5.41, 5.74) is 6.74. The summed E-state index contributed by atoms with van der Waals surface area (Å²) in [7, 11) is 0. The first-order valence-corrected chi connectivity index (χ1v) is 13.5. The van der Waals surface area contributed by atoms with Crippen molar-refractivity contribution in [2.75, 3.05) is 11.4 Å². The van der Waals surface area contributed by atoms with E-state index in [0.717, 1.165) is 32.1 Å². The predicted octanol–water partition coefficient (Wildman–Crippen LogP) is 1.94. The Morgan fingerprint density at radius 3 is 2.36 bits per heavy atom. The number of unbranched alkanes of at least 4 members (excludes halogenated alkanes) is 1. The predicted molar refractivity (Wildman–Crippen MR) is 141 cm³/mol. The number of carbonyl (C=O) groups is 5. The molecule has 1 aromatic carbocycles. The molecule has 3 rings (SSSR count). The van der Waals surface area contributed by atoms with Gasteiger partial charge < -0.3 is 31.3 Å². The molecule has 0 unspecified atom stereocenters. The fourth-order valence-corrected chi connectivity index (χ4v) is 5.08. The van der Waals surface area contributed by atoms with Crippen molar-refractivity contribution in [2.45, 2.75) is 94.9 Å². The Bertz CT molecular complexity index is 1040. The third-order valence-corrected chi connectivity index (χ3v) is 7.17. The summed E-state index contributed by atoms with van der Waals surface area (Å²) in [5, 5.41) is 24.3. The number of nitrogens with zero attached hydrogens (tertiary/aromatic N) is 1. The second-order valence-corrected chi connectivity index (χ2v) is 10.0. The molecule has 2 aliphatic rings. The van der Waals surface area contributed by atoms with E-state index in [-0.39, 0.29) is 31.8 Å². The number of rotatable bonds is 13. The van der Waals surface area contributed by atoms with Crippen molar-refractivity contribution >= 4 is 35.5 Å². The summed E-state index contributed by atoms with van der Waals surface area (Å²) in [6.07, 6.45) is 4.57. The van der Waals surface area contributed by atoms with Crippen LogP contribution in [0.5, 0.6) is 0 Å². The van der Waals surface area contributed by atoms with E-state index in [4.69, 9.17) is 10.5 Å². The molecule has 1 aliphatic heterocycles. The van der Waals surface area contributed by atoms with E-state index in [1.54, 1.807) is 24.3 Å². The molecule has 39 heavy (non-hydrogen) atoms. The lowest BCUT2D eigenvalue weighted by Crippen LogP contribution is -2.52. The third-order valence-electron chi connectivity index (χ3n) is 7.17. The molecule has 1 fully saturated rings. The van der Waals surface area contributed by atoms with Crippen LogP contribution in [0.2, 0.25) is 0 Å². The zero-order valence-corrected chi connectivity index (χ0v) is 22.0. The highest BCUT2D eigenvalue weighted by Gasteiger charge is 2.38. The fourth-order valence-electron chi connectivity index (χ4n) is 5.08. The summed E-state index contributed by atoms with van der Waals surface area (Å²) in [5.74, 6) is -3.77. The van der Waals surface area contributed by atoms with Crippen LogP contribution in [0.25, 0.3) is 0 Å². The highest BCUT2D eigenvalue weighted by Crippen LogP contribution is 2.33. The first-order valence-electron chi connectivity index (χ1n) is 13.5. The quantitative estimate of drug-likeness (QED) is 0.230. The molecule has 1 aromatic rings. The van der Waals surface area contributed by atoms with Gasteiger partial charge in [0.1, 0.15) is 24.2 Å².